The number of β-amino-alcohol motifs (C(OH)–C–C–N with tert-alkyl or cyclic N) is 1. The SMILES string of the molecule is CCCCN(CC(O)CN1CCNCC1)C(C)CC. The highest BCUT2D eigenvalue weighted by Crippen LogP contribution is 2.08. The maximum Gasteiger partial charge on any atom is 0.0793 e. The minimum absolute atomic E-state index is 0.219. The van der Waals surface area contributed by atoms with Gasteiger partial charge in [0, 0.05) is 45.3 Å². The van der Waals surface area contributed by atoms with E-state index in [1.807, 2.05) is 0 Å². The second kappa shape index (κ2) is 9.70. The molecule has 1 fully saturated rings. The molecule has 0 aromatic carbocycles. The van der Waals surface area contributed by atoms with Gasteiger partial charge in [-0.2, -0.15) is 0 Å². The van der Waals surface area contributed by atoms with E-state index in [2.05, 4.69) is 35.9 Å². The second-order valence-electron chi connectivity index (χ2n) is 5.81. The van der Waals surface area contributed by atoms with Crippen molar-refractivity contribution in [3.63, 3.8) is 0 Å². The lowest BCUT2D eigenvalue weighted by Crippen LogP contribution is -2.49. The summed E-state index contributed by atoms with van der Waals surface area (Å²) in [7, 11) is 0. The predicted octanol–water partition coefficient (Wildman–Crippen LogP) is 1.15. The third-order valence-electron chi connectivity index (χ3n) is 4.14. The Morgan fingerprint density at radius 2 is 1.95 bits per heavy atom. The van der Waals surface area contributed by atoms with Gasteiger partial charge in [-0.1, -0.05) is 20.3 Å². The molecular formula is C15H33N3O. The predicted molar refractivity (Wildman–Crippen MR) is 81.6 cm³/mol. The molecule has 1 aliphatic heterocycles. The lowest BCUT2D eigenvalue weighted by molar-refractivity contribution is 0.0552. The molecule has 0 aliphatic carbocycles. The van der Waals surface area contributed by atoms with Crippen LogP contribution >= 0.6 is 0 Å². The van der Waals surface area contributed by atoms with Gasteiger partial charge in [-0.3, -0.25) is 9.80 Å². The Labute approximate surface area is 119 Å². The van der Waals surface area contributed by atoms with Crippen molar-refractivity contribution >= 4 is 0 Å². The highest BCUT2D eigenvalue weighted by molar-refractivity contribution is 4.75. The van der Waals surface area contributed by atoms with Crippen LogP contribution in [0.2, 0.25) is 0 Å². The Hall–Kier alpha value is -0.160. The lowest BCUT2D eigenvalue weighted by Gasteiger charge is -2.33. The first-order valence-corrected chi connectivity index (χ1v) is 8.02. The molecule has 2 N–H and O–H groups in total. The zero-order chi connectivity index (χ0) is 14.1. The maximum atomic E-state index is 10.3. The van der Waals surface area contributed by atoms with Crippen LogP contribution in [0.25, 0.3) is 0 Å². The van der Waals surface area contributed by atoms with Crippen LogP contribution in [-0.4, -0.2) is 72.9 Å². The summed E-state index contributed by atoms with van der Waals surface area (Å²) < 4.78 is 0. The summed E-state index contributed by atoms with van der Waals surface area (Å²) in [6.45, 7) is 13.7. The average Bonchev–Trinajstić information content (AvgIpc) is 2.43. The Kier molecular flexibility index (Phi) is 8.62. The minimum atomic E-state index is -0.219. The third-order valence-corrected chi connectivity index (χ3v) is 4.14. The first-order chi connectivity index (χ1) is 9.17. The molecule has 0 aromatic heterocycles. The molecule has 0 saturated carbocycles. The zero-order valence-electron chi connectivity index (χ0n) is 13.1. The summed E-state index contributed by atoms with van der Waals surface area (Å²) in [5.74, 6) is 0. The fourth-order valence-corrected chi connectivity index (χ4v) is 2.63. The van der Waals surface area contributed by atoms with E-state index in [1.165, 1.54) is 12.8 Å². The van der Waals surface area contributed by atoms with Crippen LogP contribution in [0, 0.1) is 0 Å². The molecule has 1 rings (SSSR count). The van der Waals surface area contributed by atoms with Gasteiger partial charge in [-0.15, -0.1) is 0 Å². The number of aliphatic hydroxyl groups excluding tert-OH is 1. The van der Waals surface area contributed by atoms with Crippen molar-refractivity contribution in [3.05, 3.63) is 0 Å². The van der Waals surface area contributed by atoms with Crippen LogP contribution in [-0.2, 0) is 0 Å². The number of piperazine rings is 1. The van der Waals surface area contributed by atoms with E-state index in [-0.39, 0.29) is 6.10 Å². The highest BCUT2D eigenvalue weighted by atomic mass is 16.3. The Morgan fingerprint density at radius 3 is 2.53 bits per heavy atom. The Balaban J connectivity index is 2.33. The summed E-state index contributed by atoms with van der Waals surface area (Å²) >= 11 is 0. The van der Waals surface area contributed by atoms with Gasteiger partial charge >= 0.3 is 0 Å². The molecule has 4 heteroatoms. The van der Waals surface area contributed by atoms with E-state index >= 15 is 0 Å². The summed E-state index contributed by atoms with van der Waals surface area (Å²) in [6.07, 6.45) is 3.39. The van der Waals surface area contributed by atoms with E-state index in [0.29, 0.717) is 6.04 Å². The minimum Gasteiger partial charge on any atom is -0.390 e. The van der Waals surface area contributed by atoms with Crippen LogP contribution in [0.15, 0.2) is 0 Å². The lowest BCUT2D eigenvalue weighted by atomic mass is 10.1. The molecule has 4 nitrogen and oxygen atoms in total. The summed E-state index contributed by atoms with van der Waals surface area (Å²) in [5.41, 5.74) is 0. The molecule has 0 bridgehead atoms. The molecule has 2 unspecified atom stereocenters. The van der Waals surface area contributed by atoms with Gasteiger partial charge in [0.05, 0.1) is 6.10 Å². The Bertz CT molecular complexity index is 219. The van der Waals surface area contributed by atoms with Gasteiger partial charge < -0.3 is 10.4 Å². The molecule has 114 valence electrons. The van der Waals surface area contributed by atoms with Crippen LogP contribution in [0.4, 0.5) is 0 Å². The van der Waals surface area contributed by atoms with Gasteiger partial charge in [-0.05, 0) is 26.3 Å². The topological polar surface area (TPSA) is 38.7 Å². The largest absolute Gasteiger partial charge is 0.390 e. The second-order valence-corrected chi connectivity index (χ2v) is 5.81. The number of nitrogens with zero attached hydrogens (tertiary/aromatic N) is 2. The molecule has 0 spiro atoms. The van der Waals surface area contributed by atoms with E-state index in [0.717, 1.165) is 52.2 Å². The standard InChI is InChI=1S/C15H33N3O/c1-4-6-9-18(14(3)5-2)13-15(19)12-17-10-7-16-8-11-17/h14-16,19H,4-13H2,1-3H3. The summed E-state index contributed by atoms with van der Waals surface area (Å²) in [6, 6.07) is 0.573. The van der Waals surface area contributed by atoms with Crippen molar-refractivity contribution in [2.24, 2.45) is 0 Å². The fraction of sp³-hybridized carbons (Fsp3) is 1.00. The smallest absolute Gasteiger partial charge is 0.0793 e. The molecule has 0 aromatic rings. The number of hydrogen-bond donors (Lipinski definition) is 2. The van der Waals surface area contributed by atoms with Crippen molar-refractivity contribution in [2.75, 3.05) is 45.8 Å². The van der Waals surface area contributed by atoms with Gasteiger partial charge in [-0.25, -0.2) is 0 Å². The average molecular weight is 271 g/mol. The fourth-order valence-electron chi connectivity index (χ4n) is 2.63. The van der Waals surface area contributed by atoms with Crippen LogP contribution in [0.1, 0.15) is 40.0 Å². The van der Waals surface area contributed by atoms with Crippen molar-refractivity contribution in [2.45, 2.75) is 52.2 Å². The van der Waals surface area contributed by atoms with Crippen molar-refractivity contribution in [3.8, 4) is 0 Å². The Morgan fingerprint density at radius 1 is 1.26 bits per heavy atom. The first kappa shape index (κ1) is 16.9. The van der Waals surface area contributed by atoms with E-state index in [1.54, 1.807) is 0 Å². The van der Waals surface area contributed by atoms with Gasteiger partial charge in [0.25, 0.3) is 0 Å². The molecule has 0 amide bonds. The van der Waals surface area contributed by atoms with E-state index in [4.69, 9.17) is 0 Å². The summed E-state index contributed by atoms with van der Waals surface area (Å²) in [5, 5.41) is 13.7. The molecule has 1 saturated heterocycles. The molecule has 2 atom stereocenters. The molecular weight excluding hydrogens is 238 g/mol. The number of rotatable bonds is 9. The number of nitrogens with one attached hydrogen (secondary N) is 1. The van der Waals surface area contributed by atoms with Crippen LogP contribution in [0.5, 0.6) is 0 Å². The summed E-state index contributed by atoms with van der Waals surface area (Å²) in [4.78, 5) is 4.83. The molecule has 19 heavy (non-hydrogen) atoms. The normalized spacial score (nSPS) is 20.7. The molecule has 1 heterocycles. The van der Waals surface area contributed by atoms with Gasteiger partial charge in [0.2, 0.25) is 0 Å². The van der Waals surface area contributed by atoms with E-state index in [9.17, 15) is 5.11 Å². The van der Waals surface area contributed by atoms with Crippen molar-refractivity contribution in [1.82, 2.24) is 15.1 Å². The van der Waals surface area contributed by atoms with E-state index < -0.39 is 0 Å². The highest BCUT2D eigenvalue weighted by Gasteiger charge is 2.19. The monoisotopic (exact) mass is 271 g/mol. The zero-order valence-corrected chi connectivity index (χ0v) is 13.1. The quantitative estimate of drug-likeness (QED) is 0.660. The van der Waals surface area contributed by atoms with Crippen LogP contribution in [0.3, 0.4) is 0 Å². The molecule has 0 radical (unpaired) electrons. The third kappa shape index (κ3) is 6.70. The van der Waals surface area contributed by atoms with Gasteiger partial charge in [0.15, 0.2) is 0 Å². The molecule has 1 aliphatic rings. The van der Waals surface area contributed by atoms with Crippen molar-refractivity contribution < 1.29 is 5.11 Å². The van der Waals surface area contributed by atoms with Crippen molar-refractivity contribution in [1.29, 1.82) is 0 Å². The number of aliphatic hydroxyl groups is 1. The van der Waals surface area contributed by atoms with Gasteiger partial charge in [0.1, 0.15) is 0 Å². The first-order valence-electron chi connectivity index (χ1n) is 8.02. The maximum absolute atomic E-state index is 10.3. The number of unbranched alkanes of at least 4 members (excludes halogenated alkanes) is 1. The van der Waals surface area contributed by atoms with Crippen LogP contribution < -0.4 is 5.32 Å². The number of hydrogen-bond acceptors (Lipinski definition) is 4.